The molecule has 3 rings (SSSR count). The molecule has 2 amide bonds. The molecule has 2 unspecified atom stereocenters. The highest BCUT2D eigenvalue weighted by Crippen LogP contribution is 2.48. The van der Waals surface area contributed by atoms with Crippen LogP contribution in [0, 0.1) is 0 Å². The van der Waals surface area contributed by atoms with Gasteiger partial charge >= 0.3 is 11.9 Å². The predicted octanol–water partition coefficient (Wildman–Crippen LogP) is 1.67. The van der Waals surface area contributed by atoms with Gasteiger partial charge in [-0.2, -0.15) is 0 Å². The molecule has 0 saturated carbocycles. The van der Waals surface area contributed by atoms with E-state index < -0.39 is 41.3 Å². The number of aldehydes is 1. The van der Waals surface area contributed by atoms with Crippen molar-refractivity contribution in [3.8, 4) is 11.5 Å². The Bertz CT molecular complexity index is 1230. The molecule has 0 saturated heterocycles. The molecule has 2 aromatic rings. The monoisotopic (exact) mass is 523 g/mol. The molecular weight excluding hydrogens is 490 g/mol. The van der Waals surface area contributed by atoms with Crippen molar-refractivity contribution in [3.63, 3.8) is 0 Å². The number of rotatable bonds is 9. The number of nitrogens with two attached hydrogens (primary N) is 1. The van der Waals surface area contributed by atoms with Gasteiger partial charge in [0.05, 0.1) is 11.5 Å². The molecular formula is C28H33N3O7. The fourth-order valence-electron chi connectivity index (χ4n) is 4.72. The number of carbonyl (C=O) groups is 5. The largest absolute Gasteiger partial charge is 0.423 e. The average molecular weight is 524 g/mol. The highest BCUT2D eigenvalue weighted by Gasteiger charge is 2.43. The van der Waals surface area contributed by atoms with Gasteiger partial charge in [0.2, 0.25) is 11.8 Å². The van der Waals surface area contributed by atoms with Gasteiger partial charge in [0, 0.05) is 26.0 Å². The minimum absolute atomic E-state index is 0.0660. The second-order valence-electron chi connectivity index (χ2n) is 9.63. The summed E-state index contributed by atoms with van der Waals surface area (Å²) in [6, 6.07) is 11.0. The van der Waals surface area contributed by atoms with E-state index in [1.807, 2.05) is 30.3 Å². The number of esters is 2. The van der Waals surface area contributed by atoms with E-state index in [4.69, 9.17) is 15.2 Å². The number of ether oxygens (including phenoxy) is 2. The lowest BCUT2D eigenvalue weighted by Crippen LogP contribution is -2.52. The lowest BCUT2D eigenvalue weighted by Gasteiger charge is -2.40. The Kier molecular flexibility index (Phi) is 9.00. The standard InChI is InChI=1S/C28H33N3O7/c1-16(29)26(35)31-17(2)27(36)30-14-28(15-32)13-21(20-8-6-5-7-9-20)12-22-23(28)10-11-24(37-18(3)33)25(22)38-19(4)34/h5-11,15-17,21H,12-14,29H2,1-4H3,(H,30,36)(H,31,35)/t16-,17-,21?,28?/m0/s1. The molecule has 2 aromatic carbocycles. The first kappa shape index (κ1) is 28.5. The molecule has 4 N–H and O–H groups in total. The van der Waals surface area contributed by atoms with Crippen molar-refractivity contribution in [2.75, 3.05) is 6.54 Å². The van der Waals surface area contributed by atoms with E-state index in [9.17, 15) is 24.0 Å². The lowest BCUT2D eigenvalue weighted by atomic mass is 9.65. The minimum Gasteiger partial charge on any atom is -0.423 e. The van der Waals surface area contributed by atoms with Crippen LogP contribution in [0.4, 0.5) is 0 Å². The molecule has 1 aliphatic rings. The van der Waals surface area contributed by atoms with Crippen LogP contribution in [-0.2, 0) is 35.8 Å². The highest BCUT2D eigenvalue weighted by molar-refractivity contribution is 5.89. The van der Waals surface area contributed by atoms with Crippen molar-refractivity contribution in [1.82, 2.24) is 10.6 Å². The van der Waals surface area contributed by atoms with Gasteiger partial charge in [0.25, 0.3) is 0 Å². The van der Waals surface area contributed by atoms with Crippen LogP contribution in [0.5, 0.6) is 11.5 Å². The Balaban J connectivity index is 2.06. The molecule has 0 spiro atoms. The van der Waals surface area contributed by atoms with Crippen molar-refractivity contribution in [1.29, 1.82) is 0 Å². The summed E-state index contributed by atoms with van der Waals surface area (Å²) in [5.41, 5.74) is 6.43. The Labute approximate surface area is 221 Å². The summed E-state index contributed by atoms with van der Waals surface area (Å²) in [7, 11) is 0. The summed E-state index contributed by atoms with van der Waals surface area (Å²) in [4.78, 5) is 61.4. The number of benzene rings is 2. The van der Waals surface area contributed by atoms with E-state index in [2.05, 4.69) is 10.6 Å². The normalized spacial score (nSPS) is 19.8. The molecule has 10 nitrogen and oxygen atoms in total. The third kappa shape index (κ3) is 6.44. The second kappa shape index (κ2) is 12.0. The van der Waals surface area contributed by atoms with Crippen LogP contribution in [0.2, 0.25) is 0 Å². The van der Waals surface area contributed by atoms with E-state index in [-0.39, 0.29) is 24.0 Å². The maximum Gasteiger partial charge on any atom is 0.308 e. The smallest absolute Gasteiger partial charge is 0.308 e. The molecule has 202 valence electrons. The number of nitrogens with one attached hydrogen (secondary N) is 2. The van der Waals surface area contributed by atoms with Crippen molar-refractivity contribution in [2.24, 2.45) is 5.73 Å². The van der Waals surface area contributed by atoms with Crippen molar-refractivity contribution in [3.05, 3.63) is 59.2 Å². The molecule has 0 aliphatic heterocycles. The van der Waals surface area contributed by atoms with Crippen LogP contribution < -0.4 is 25.8 Å². The number of carbonyl (C=O) groups excluding carboxylic acids is 5. The fourth-order valence-corrected chi connectivity index (χ4v) is 4.72. The first-order chi connectivity index (χ1) is 18.0. The van der Waals surface area contributed by atoms with Crippen LogP contribution >= 0.6 is 0 Å². The van der Waals surface area contributed by atoms with E-state index in [1.54, 1.807) is 6.07 Å². The van der Waals surface area contributed by atoms with Gasteiger partial charge in [-0.25, -0.2) is 0 Å². The Morgan fingerprint density at radius 3 is 2.26 bits per heavy atom. The third-order valence-electron chi connectivity index (χ3n) is 6.56. The van der Waals surface area contributed by atoms with E-state index in [0.29, 0.717) is 24.0 Å². The Morgan fingerprint density at radius 2 is 1.68 bits per heavy atom. The highest BCUT2D eigenvalue weighted by atomic mass is 16.6. The summed E-state index contributed by atoms with van der Waals surface area (Å²) in [5.74, 6) is -2.21. The zero-order chi connectivity index (χ0) is 28.0. The Morgan fingerprint density at radius 1 is 1.03 bits per heavy atom. The van der Waals surface area contributed by atoms with Gasteiger partial charge < -0.3 is 30.6 Å². The summed E-state index contributed by atoms with van der Waals surface area (Å²) >= 11 is 0. The van der Waals surface area contributed by atoms with Gasteiger partial charge in [-0.05, 0) is 49.8 Å². The predicted molar refractivity (Wildman–Crippen MR) is 139 cm³/mol. The summed E-state index contributed by atoms with van der Waals surface area (Å²) in [6.07, 6.45) is 1.55. The topological polar surface area (TPSA) is 154 Å². The zero-order valence-electron chi connectivity index (χ0n) is 21.9. The molecule has 10 heteroatoms. The van der Waals surface area contributed by atoms with Gasteiger partial charge in [0.1, 0.15) is 12.3 Å². The van der Waals surface area contributed by atoms with Crippen LogP contribution in [0.1, 0.15) is 56.7 Å². The quantitative estimate of drug-likeness (QED) is 0.255. The summed E-state index contributed by atoms with van der Waals surface area (Å²) < 4.78 is 10.8. The second-order valence-corrected chi connectivity index (χ2v) is 9.63. The van der Waals surface area contributed by atoms with Crippen molar-refractivity contribution >= 4 is 30.0 Å². The van der Waals surface area contributed by atoms with E-state index in [0.717, 1.165) is 11.8 Å². The average Bonchev–Trinajstić information content (AvgIpc) is 2.88. The van der Waals surface area contributed by atoms with Gasteiger partial charge in [-0.15, -0.1) is 0 Å². The maximum atomic E-state index is 12.8. The van der Waals surface area contributed by atoms with Crippen molar-refractivity contribution in [2.45, 2.75) is 64.0 Å². The first-order valence-electron chi connectivity index (χ1n) is 12.4. The maximum absolute atomic E-state index is 12.8. The number of amides is 2. The molecule has 4 atom stereocenters. The molecule has 38 heavy (non-hydrogen) atoms. The van der Waals surface area contributed by atoms with Crippen LogP contribution in [0.15, 0.2) is 42.5 Å². The first-order valence-corrected chi connectivity index (χ1v) is 12.4. The fraction of sp³-hybridized carbons (Fsp3) is 0.393. The summed E-state index contributed by atoms with van der Waals surface area (Å²) in [6.45, 7) is 5.43. The molecule has 1 aliphatic carbocycles. The minimum atomic E-state index is -1.20. The van der Waals surface area contributed by atoms with E-state index >= 15 is 0 Å². The molecule has 0 aromatic heterocycles. The third-order valence-corrected chi connectivity index (χ3v) is 6.56. The lowest BCUT2D eigenvalue weighted by molar-refractivity contribution is -0.134. The van der Waals surface area contributed by atoms with Gasteiger partial charge in [-0.1, -0.05) is 36.4 Å². The van der Waals surface area contributed by atoms with Crippen molar-refractivity contribution < 1.29 is 33.4 Å². The van der Waals surface area contributed by atoms with Gasteiger partial charge in [-0.3, -0.25) is 19.2 Å². The molecule has 0 fully saturated rings. The summed E-state index contributed by atoms with van der Waals surface area (Å²) in [5, 5.41) is 5.33. The molecule has 0 bridgehead atoms. The van der Waals surface area contributed by atoms with Gasteiger partial charge in [0.15, 0.2) is 11.5 Å². The molecule has 0 radical (unpaired) electrons. The zero-order valence-corrected chi connectivity index (χ0v) is 21.9. The van der Waals surface area contributed by atoms with E-state index in [1.165, 1.54) is 33.8 Å². The number of hydrogen-bond acceptors (Lipinski definition) is 8. The molecule has 0 heterocycles. The van der Waals surface area contributed by atoms with Crippen LogP contribution in [-0.4, -0.2) is 48.7 Å². The number of fused-ring (bicyclic) bond motifs is 1. The van der Waals surface area contributed by atoms with Crippen LogP contribution in [0.3, 0.4) is 0 Å². The SMILES string of the molecule is CC(=O)Oc1ccc2c(c1OC(C)=O)CC(c1ccccc1)CC2(C=O)CNC(=O)[C@H](C)NC(=O)[C@H](C)N. The number of hydrogen-bond donors (Lipinski definition) is 3. The Hall–Kier alpha value is -4.05. The van der Waals surface area contributed by atoms with Crippen LogP contribution in [0.25, 0.3) is 0 Å².